The minimum Gasteiger partial charge on any atom is -0.481 e. The zero-order chi connectivity index (χ0) is 12.4. The van der Waals surface area contributed by atoms with Crippen LogP contribution in [0.2, 0.25) is 0 Å². The van der Waals surface area contributed by atoms with Gasteiger partial charge in [0.25, 0.3) is 0 Å². The molecular formula is C14H26O2. The quantitative estimate of drug-likeness (QED) is 0.786. The fourth-order valence-corrected chi connectivity index (χ4v) is 3.09. The molecule has 0 aromatic rings. The normalized spacial score (nSPS) is 31.4. The Hall–Kier alpha value is -0.530. The third-order valence-corrected chi connectivity index (χ3v) is 4.35. The minimum absolute atomic E-state index is 0.330. The molecule has 2 nitrogen and oxygen atoms in total. The van der Waals surface area contributed by atoms with Gasteiger partial charge in [-0.15, -0.1) is 0 Å². The van der Waals surface area contributed by atoms with Crippen molar-refractivity contribution >= 4 is 5.97 Å². The third kappa shape index (κ3) is 2.78. The maximum atomic E-state index is 11.4. The van der Waals surface area contributed by atoms with E-state index < -0.39 is 11.4 Å². The maximum absolute atomic E-state index is 11.4. The number of carboxylic acid groups (broad SMARTS) is 1. The Bertz CT molecular complexity index is 242. The van der Waals surface area contributed by atoms with E-state index in [2.05, 4.69) is 27.7 Å². The first-order chi connectivity index (χ1) is 7.32. The van der Waals surface area contributed by atoms with Gasteiger partial charge in [0, 0.05) is 0 Å². The molecule has 0 radical (unpaired) electrons. The van der Waals surface area contributed by atoms with Gasteiger partial charge in [0.15, 0.2) is 0 Å². The van der Waals surface area contributed by atoms with Gasteiger partial charge in [-0.1, -0.05) is 34.1 Å². The number of hydrogen-bond acceptors (Lipinski definition) is 1. The Kier molecular flexibility index (Phi) is 4.03. The Morgan fingerprint density at radius 1 is 1.31 bits per heavy atom. The predicted molar refractivity (Wildman–Crippen MR) is 66.4 cm³/mol. The number of hydrogen-bond donors (Lipinski definition) is 1. The second-order valence-electron chi connectivity index (χ2n) is 6.48. The molecule has 1 saturated carbocycles. The van der Waals surface area contributed by atoms with E-state index in [9.17, 15) is 9.90 Å². The van der Waals surface area contributed by atoms with E-state index >= 15 is 0 Å². The van der Waals surface area contributed by atoms with E-state index in [1.807, 2.05) is 0 Å². The molecule has 0 bridgehead atoms. The van der Waals surface area contributed by atoms with Crippen LogP contribution >= 0.6 is 0 Å². The lowest BCUT2D eigenvalue weighted by molar-refractivity contribution is -0.153. The van der Waals surface area contributed by atoms with Crippen molar-refractivity contribution in [2.24, 2.45) is 16.7 Å². The van der Waals surface area contributed by atoms with Crippen molar-refractivity contribution in [3.05, 3.63) is 0 Å². The van der Waals surface area contributed by atoms with Gasteiger partial charge in [-0.3, -0.25) is 4.79 Å². The fraction of sp³-hybridized carbons (Fsp3) is 0.929. The zero-order valence-electron chi connectivity index (χ0n) is 11.2. The van der Waals surface area contributed by atoms with E-state index in [0.29, 0.717) is 11.3 Å². The standard InChI is InChI=1S/C14H26O2/c1-5-8-14(12(15)16)9-6-11(7-10-14)13(2,3)4/h11H,5-10H2,1-4H3,(H,15,16). The largest absolute Gasteiger partial charge is 0.481 e. The van der Waals surface area contributed by atoms with Crippen LogP contribution in [0, 0.1) is 16.7 Å². The number of aliphatic carboxylic acids is 1. The summed E-state index contributed by atoms with van der Waals surface area (Å²) >= 11 is 0. The molecule has 0 spiro atoms. The van der Waals surface area contributed by atoms with Crippen LogP contribution in [0.4, 0.5) is 0 Å². The van der Waals surface area contributed by atoms with Crippen LogP contribution in [0.25, 0.3) is 0 Å². The van der Waals surface area contributed by atoms with Crippen molar-refractivity contribution in [2.75, 3.05) is 0 Å². The molecule has 94 valence electrons. The Morgan fingerprint density at radius 3 is 2.12 bits per heavy atom. The molecule has 1 aliphatic rings. The molecular weight excluding hydrogens is 200 g/mol. The average molecular weight is 226 g/mol. The van der Waals surface area contributed by atoms with E-state index in [-0.39, 0.29) is 0 Å². The summed E-state index contributed by atoms with van der Waals surface area (Å²) in [6.07, 6.45) is 5.73. The van der Waals surface area contributed by atoms with E-state index in [1.54, 1.807) is 0 Å². The summed E-state index contributed by atoms with van der Waals surface area (Å²) in [4.78, 5) is 11.4. The van der Waals surface area contributed by atoms with Gasteiger partial charge in [-0.2, -0.15) is 0 Å². The Labute approximate surface area is 99.4 Å². The smallest absolute Gasteiger partial charge is 0.309 e. The van der Waals surface area contributed by atoms with Gasteiger partial charge in [0.2, 0.25) is 0 Å². The fourth-order valence-electron chi connectivity index (χ4n) is 3.09. The van der Waals surface area contributed by atoms with Crippen molar-refractivity contribution in [3.63, 3.8) is 0 Å². The van der Waals surface area contributed by atoms with Crippen molar-refractivity contribution < 1.29 is 9.90 Å². The lowest BCUT2D eigenvalue weighted by atomic mass is 9.63. The van der Waals surface area contributed by atoms with Gasteiger partial charge in [-0.05, 0) is 43.4 Å². The number of carboxylic acids is 1. The molecule has 1 rings (SSSR count). The maximum Gasteiger partial charge on any atom is 0.309 e. The van der Waals surface area contributed by atoms with Gasteiger partial charge < -0.3 is 5.11 Å². The lowest BCUT2D eigenvalue weighted by Gasteiger charge is -2.41. The first-order valence-corrected chi connectivity index (χ1v) is 6.55. The minimum atomic E-state index is -0.568. The summed E-state index contributed by atoms with van der Waals surface area (Å²) < 4.78 is 0. The highest BCUT2D eigenvalue weighted by molar-refractivity contribution is 5.74. The molecule has 0 unspecified atom stereocenters. The first-order valence-electron chi connectivity index (χ1n) is 6.55. The summed E-state index contributed by atoms with van der Waals surface area (Å²) in [7, 11) is 0. The molecule has 0 aromatic carbocycles. The van der Waals surface area contributed by atoms with Crippen molar-refractivity contribution in [1.29, 1.82) is 0 Å². The van der Waals surface area contributed by atoms with Crippen LogP contribution in [0.3, 0.4) is 0 Å². The van der Waals surface area contributed by atoms with Gasteiger partial charge in [0.05, 0.1) is 5.41 Å². The summed E-state index contributed by atoms with van der Waals surface area (Å²) in [6.45, 7) is 8.89. The third-order valence-electron chi connectivity index (χ3n) is 4.35. The van der Waals surface area contributed by atoms with Crippen molar-refractivity contribution in [3.8, 4) is 0 Å². The van der Waals surface area contributed by atoms with Crippen LogP contribution < -0.4 is 0 Å². The lowest BCUT2D eigenvalue weighted by Crippen LogP contribution is -2.38. The molecule has 0 heterocycles. The SMILES string of the molecule is CCCC1(C(=O)O)CCC(C(C)(C)C)CC1. The summed E-state index contributed by atoms with van der Waals surface area (Å²) in [5.41, 5.74) is -0.0760. The van der Waals surface area contributed by atoms with E-state index in [4.69, 9.17) is 0 Å². The number of carbonyl (C=O) groups is 1. The molecule has 16 heavy (non-hydrogen) atoms. The molecule has 2 heteroatoms. The molecule has 1 fully saturated rings. The molecule has 0 amide bonds. The molecule has 1 N–H and O–H groups in total. The monoisotopic (exact) mass is 226 g/mol. The molecule has 0 saturated heterocycles. The Balaban J connectivity index is 2.67. The average Bonchev–Trinajstić information content (AvgIpc) is 2.17. The van der Waals surface area contributed by atoms with Gasteiger partial charge in [-0.25, -0.2) is 0 Å². The van der Waals surface area contributed by atoms with Crippen molar-refractivity contribution in [2.45, 2.75) is 66.2 Å². The van der Waals surface area contributed by atoms with E-state index in [0.717, 1.165) is 38.5 Å². The van der Waals surface area contributed by atoms with Crippen LogP contribution in [0.1, 0.15) is 66.2 Å². The second-order valence-corrected chi connectivity index (χ2v) is 6.48. The highest BCUT2D eigenvalue weighted by atomic mass is 16.4. The number of rotatable bonds is 3. The zero-order valence-corrected chi connectivity index (χ0v) is 11.2. The summed E-state index contributed by atoms with van der Waals surface area (Å²) in [6, 6.07) is 0. The van der Waals surface area contributed by atoms with Crippen molar-refractivity contribution in [1.82, 2.24) is 0 Å². The summed E-state index contributed by atoms with van der Waals surface area (Å²) in [5.74, 6) is 0.124. The molecule has 0 aliphatic heterocycles. The predicted octanol–water partition coefficient (Wildman–Crippen LogP) is 4.09. The van der Waals surface area contributed by atoms with Crippen LogP contribution in [-0.4, -0.2) is 11.1 Å². The van der Waals surface area contributed by atoms with Crippen LogP contribution in [-0.2, 0) is 4.79 Å². The highest BCUT2D eigenvalue weighted by Crippen LogP contribution is 2.47. The van der Waals surface area contributed by atoms with Crippen LogP contribution in [0.15, 0.2) is 0 Å². The summed E-state index contributed by atoms with van der Waals surface area (Å²) in [5, 5.41) is 9.41. The highest BCUT2D eigenvalue weighted by Gasteiger charge is 2.43. The van der Waals surface area contributed by atoms with Crippen LogP contribution in [0.5, 0.6) is 0 Å². The van der Waals surface area contributed by atoms with E-state index in [1.165, 1.54) is 0 Å². The Morgan fingerprint density at radius 2 is 1.81 bits per heavy atom. The molecule has 0 aromatic heterocycles. The molecule has 0 atom stereocenters. The second kappa shape index (κ2) is 4.77. The van der Waals surface area contributed by atoms with Gasteiger partial charge >= 0.3 is 5.97 Å². The first kappa shape index (κ1) is 13.5. The molecule has 1 aliphatic carbocycles. The van der Waals surface area contributed by atoms with Gasteiger partial charge in [0.1, 0.15) is 0 Å². The topological polar surface area (TPSA) is 37.3 Å².